The Kier molecular flexibility index (Phi) is 8.84. The van der Waals surface area contributed by atoms with Crippen molar-refractivity contribution in [3.8, 4) is 0 Å². The molecule has 1 amide bonds. The van der Waals surface area contributed by atoms with Crippen LogP contribution in [-0.4, -0.2) is 42.9 Å². The van der Waals surface area contributed by atoms with Crippen LogP contribution in [0.3, 0.4) is 0 Å². The SMILES string of the molecule is CN=C(NCc1ccc(C(=O)N(C)C)cc1)NCc1scnc1C.I. The third-order valence-electron chi connectivity index (χ3n) is 3.55. The minimum atomic E-state index is 0. The third kappa shape index (κ3) is 6.28. The van der Waals surface area contributed by atoms with Crippen LogP contribution >= 0.6 is 35.3 Å². The molecule has 0 aliphatic carbocycles. The van der Waals surface area contributed by atoms with Crippen LogP contribution in [0.5, 0.6) is 0 Å². The number of halogens is 1. The fraction of sp³-hybridized carbons (Fsp3) is 0.353. The first-order valence-corrected chi connectivity index (χ1v) is 8.53. The molecule has 2 aromatic rings. The van der Waals surface area contributed by atoms with Crippen molar-refractivity contribution in [2.24, 2.45) is 4.99 Å². The van der Waals surface area contributed by atoms with Crippen LogP contribution < -0.4 is 10.6 Å². The molecule has 8 heteroatoms. The van der Waals surface area contributed by atoms with Crippen LogP contribution in [-0.2, 0) is 13.1 Å². The van der Waals surface area contributed by atoms with Crippen molar-refractivity contribution in [1.82, 2.24) is 20.5 Å². The van der Waals surface area contributed by atoms with Crippen molar-refractivity contribution in [2.45, 2.75) is 20.0 Å². The zero-order valence-corrected chi connectivity index (χ0v) is 18.0. The topological polar surface area (TPSA) is 69.6 Å². The summed E-state index contributed by atoms with van der Waals surface area (Å²) in [6, 6.07) is 7.58. The Morgan fingerprint density at radius 3 is 2.36 bits per heavy atom. The summed E-state index contributed by atoms with van der Waals surface area (Å²) in [6.45, 7) is 3.34. The van der Waals surface area contributed by atoms with Gasteiger partial charge in [-0.3, -0.25) is 9.79 Å². The largest absolute Gasteiger partial charge is 0.352 e. The standard InChI is InChI=1S/C17H23N5OS.HI/c1-12-15(24-11-21-12)10-20-17(18-2)19-9-13-5-7-14(8-6-13)16(23)22(3)4;/h5-8,11H,9-10H2,1-4H3,(H2,18,19,20);1H. The van der Waals surface area contributed by atoms with Crippen LogP contribution in [0.1, 0.15) is 26.5 Å². The number of rotatable bonds is 5. The molecule has 0 radical (unpaired) electrons. The van der Waals surface area contributed by atoms with Crippen molar-refractivity contribution < 1.29 is 4.79 Å². The molecule has 0 saturated heterocycles. The number of amides is 1. The first-order chi connectivity index (χ1) is 11.5. The highest BCUT2D eigenvalue weighted by Gasteiger charge is 2.07. The van der Waals surface area contributed by atoms with Gasteiger partial charge in [0.15, 0.2) is 5.96 Å². The number of hydrogen-bond acceptors (Lipinski definition) is 4. The first kappa shape index (κ1) is 21.4. The van der Waals surface area contributed by atoms with Gasteiger partial charge in [0.1, 0.15) is 0 Å². The predicted molar refractivity (Wildman–Crippen MR) is 114 cm³/mol. The number of carbonyl (C=O) groups is 1. The quantitative estimate of drug-likeness (QED) is 0.398. The lowest BCUT2D eigenvalue weighted by Crippen LogP contribution is -2.36. The van der Waals surface area contributed by atoms with E-state index in [0.29, 0.717) is 18.7 Å². The molecule has 25 heavy (non-hydrogen) atoms. The van der Waals surface area contributed by atoms with Gasteiger partial charge in [0.25, 0.3) is 5.91 Å². The van der Waals surface area contributed by atoms with Crippen molar-refractivity contribution in [1.29, 1.82) is 0 Å². The summed E-state index contributed by atoms with van der Waals surface area (Å²) in [5, 5.41) is 6.54. The summed E-state index contributed by atoms with van der Waals surface area (Å²) in [4.78, 5) is 23.1. The van der Waals surface area contributed by atoms with Crippen molar-refractivity contribution in [2.75, 3.05) is 21.1 Å². The van der Waals surface area contributed by atoms with Crippen LogP contribution in [0.15, 0.2) is 34.8 Å². The average Bonchev–Trinajstić information content (AvgIpc) is 3.00. The number of carbonyl (C=O) groups excluding carboxylic acids is 1. The Labute approximate surface area is 169 Å². The number of benzene rings is 1. The lowest BCUT2D eigenvalue weighted by molar-refractivity contribution is 0.0827. The zero-order chi connectivity index (χ0) is 17.5. The summed E-state index contributed by atoms with van der Waals surface area (Å²) in [6.07, 6.45) is 0. The predicted octanol–water partition coefficient (Wildman–Crippen LogP) is 2.64. The Morgan fingerprint density at radius 2 is 1.84 bits per heavy atom. The first-order valence-electron chi connectivity index (χ1n) is 7.65. The molecule has 1 heterocycles. The van der Waals surface area contributed by atoms with Crippen molar-refractivity contribution in [3.63, 3.8) is 0 Å². The van der Waals surface area contributed by atoms with Gasteiger partial charge in [-0.25, -0.2) is 4.98 Å². The third-order valence-corrected chi connectivity index (χ3v) is 4.49. The highest BCUT2D eigenvalue weighted by atomic mass is 127. The highest BCUT2D eigenvalue weighted by molar-refractivity contribution is 14.0. The average molecular weight is 473 g/mol. The van der Waals surface area contributed by atoms with Crippen LogP contribution in [0.25, 0.3) is 0 Å². The van der Waals surface area contributed by atoms with Gasteiger partial charge in [-0.05, 0) is 24.6 Å². The van der Waals surface area contributed by atoms with Crippen LogP contribution in [0, 0.1) is 6.92 Å². The number of nitrogens with zero attached hydrogens (tertiary/aromatic N) is 3. The molecule has 6 nitrogen and oxygen atoms in total. The van der Waals surface area contributed by atoms with E-state index in [1.165, 1.54) is 4.88 Å². The molecular formula is C17H24IN5OS. The molecule has 2 N–H and O–H groups in total. The monoisotopic (exact) mass is 473 g/mol. The number of aryl methyl sites for hydroxylation is 1. The number of hydrogen-bond donors (Lipinski definition) is 2. The van der Waals surface area contributed by atoms with Crippen LogP contribution in [0.2, 0.25) is 0 Å². The summed E-state index contributed by atoms with van der Waals surface area (Å²) in [7, 11) is 5.24. The molecule has 0 saturated carbocycles. The van der Waals surface area contributed by atoms with Gasteiger partial charge in [-0.15, -0.1) is 35.3 Å². The van der Waals surface area contributed by atoms with Gasteiger partial charge in [0.05, 0.1) is 17.7 Å². The Bertz CT molecular complexity index is 712. The fourth-order valence-corrected chi connectivity index (χ4v) is 2.81. The number of aromatic nitrogens is 1. The lowest BCUT2D eigenvalue weighted by atomic mass is 10.1. The second-order valence-electron chi connectivity index (χ2n) is 5.54. The van der Waals surface area contributed by atoms with Gasteiger partial charge in [0.2, 0.25) is 0 Å². The molecule has 0 atom stereocenters. The zero-order valence-electron chi connectivity index (χ0n) is 14.9. The fourth-order valence-electron chi connectivity index (χ4n) is 2.09. The van der Waals surface area contributed by atoms with Gasteiger partial charge in [-0.1, -0.05) is 12.1 Å². The van der Waals surface area contributed by atoms with Gasteiger partial charge < -0.3 is 15.5 Å². The maximum Gasteiger partial charge on any atom is 0.253 e. The second-order valence-corrected chi connectivity index (χ2v) is 6.48. The number of thiazole rings is 1. The van der Waals surface area contributed by atoms with E-state index < -0.39 is 0 Å². The van der Waals surface area contributed by atoms with E-state index in [1.54, 1.807) is 37.4 Å². The van der Waals surface area contributed by atoms with E-state index in [-0.39, 0.29) is 29.9 Å². The summed E-state index contributed by atoms with van der Waals surface area (Å²) in [5.74, 6) is 0.739. The molecule has 0 unspecified atom stereocenters. The molecule has 1 aromatic carbocycles. The van der Waals surface area contributed by atoms with Crippen molar-refractivity contribution in [3.05, 3.63) is 51.5 Å². The molecule has 2 rings (SSSR count). The summed E-state index contributed by atoms with van der Waals surface area (Å²) < 4.78 is 0. The van der Waals surface area contributed by atoms with E-state index in [0.717, 1.165) is 17.2 Å². The van der Waals surface area contributed by atoms with Gasteiger partial charge in [-0.2, -0.15) is 0 Å². The Morgan fingerprint density at radius 1 is 1.20 bits per heavy atom. The maximum atomic E-state index is 11.9. The molecular weight excluding hydrogens is 449 g/mol. The van der Waals surface area contributed by atoms with E-state index in [4.69, 9.17) is 0 Å². The molecule has 0 aliphatic rings. The molecule has 0 fully saturated rings. The highest BCUT2D eigenvalue weighted by Crippen LogP contribution is 2.11. The summed E-state index contributed by atoms with van der Waals surface area (Å²) in [5.41, 5.74) is 4.66. The van der Waals surface area contributed by atoms with Gasteiger partial charge >= 0.3 is 0 Å². The van der Waals surface area contributed by atoms with E-state index >= 15 is 0 Å². The van der Waals surface area contributed by atoms with E-state index in [9.17, 15) is 4.79 Å². The van der Waals surface area contributed by atoms with E-state index in [1.807, 2.05) is 36.7 Å². The lowest BCUT2D eigenvalue weighted by Gasteiger charge is -2.13. The molecule has 1 aromatic heterocycles. The maximum absolute atomic E-state index is 11.9. The minimum absolute atomic E-state index is 0. The smallest absolute Gasteiger partial charge is 0.253 e. The number of guanidine groups is 1. The molecule has 0 spiro atoms. The summed E-state index contributed by atoms with van der Waals surface area (Å²) >= 11 is 1.63. The minimum Gasteiger partial charge on any atom is -0.352 e. The van der Waals surface area contributed by atoms with E-state index in [2.05, 4.69) is 20.6 Å². The molecule has 0 aliphatic heterocycles. The molecule has 136 valence electrons. The number of nitrogens with one attached hydrogen (secondary N) is 2. The molecule has 0 bridgehead atoms. The van der Waals surface area contributed by atoms with Crippen LogP contribution in [0.4, 0.5) is 0 Å². The second kappa shape index (κ2) is 10.3. The van der Waals surface area contributed by atoms with Gasteiger partial charge in [0, 0.05) is 38.1 Å². The van der Waals surface area contributed by atoms with Crippen molar-refractivity contribution >= 4 is 47.2 Å². The number of aliphatic imine (C=N–C) groups is 1. The normalized spacial score (nSPS) is 10.8. The Balaban J connectivity index is 0.00000312. The Hall–Kier alpha value is -1.68.